The minimum Gasteiger partial charge on any atom is -0.496 e. The lowest BCUT2D eigenvalue weighted by molar-refractivity contribution is 0.397. The lowest BCUT2D eigenvalue weighted by Gasteiger charge is -2.22. The molecule has 2 aromatic rings. The Morgan fingerprint density at radius 2 is 2.05 bits per heavy atom. The van der Waals surface area contributed by atoms with Gasteiger partial charge in [-0.25, -0.2) is 4.98 Å². The molecule has 1 aromatic carbocycles. The van der Waals surface area contributed by atoms with Gasteiger partial charge in [0.1, 0.15) is 11.8 Å². The average molecular weight is 255 g/mol. The second kappa shape index (κ2) is 4.77. The van der Waals surface area contributed by atoms with Crippen LogP contribution in [0, 0.1) is 11.3 Å². The van der Waals surface area contributed by atoms with Crippen LogP contribution in [-0.2, 0) is 5.41 Å². The number of aromatic nitrogens is 2. The maximum Gasteiger partial charge on any atom is 0.210 e. The van der Waals surface area contributed by atoms with Gasteiger partial charge in [-0.15, -0.1) is 0 Å². The van der Waals surface area contributed by atoms with Crippen LogP contribution < -0.4 is 4.74 Å². The van der Waals surface area contributed by atoms with Crippen LogP contribution in [0.5, 0.6) is 5.75 Å². The van der Waals surface area contributed by atoms with E-state index in [-0.39, 0.29) is 5.41 Å². The minimum atomic E-state index is -0.0145. The molecule has 0 aliphatic carbocycles. The van der Waals surface area contributed by atoms with Crippen molar-refractivity contribution in [3.8, 4) is 23.1 Å². The molecule has 0 bridgehead atoms. The summed E-state index contributed by atoms with van der Waals surface area (Å²) >= 11 is 0. The molecule has 2 rings (SSSR count). The first-order valence-electron chi connectivity index (χ1n) is 6.09. The SMILES string of the molecule is COc1ccc(-c2cnc(C#N)[nH]2)cc1C(C)(C)C. The van der Waals surface area contributed by atoms with E-state index in [1.165, 1.54) is 0 Å². The molecule has 0 amide bonds. The van der Waals surface area contributed by atoms with E-state index >= 15 is 0 Å². The Balaban J connectivity index is 2.52. The Labute approximate surface area is 113 Å². The lowest BCUT2D eigenvalue weighted by atomic mass is 9.85. The summed E-state index contributed by atoms with van der Waals surface area (Å²) in [6.07, 6.45) is 1.67. The van der Waals surface area contributed by atoms with Gasteiger partial charge >= 0.3 is 0 Å². The molecule has 0 fully saturated rings. The normalized spacial score (nSPS) is 11.1. The van der Waals surface area contributed by atoms with E-state index in [1.807, 2.05) is 18.2 Å². The topological polar surface area (TPSA) is 61.7 Å². The molecular formula is C15H17N3O. The van der Waals surface area contributed by atoms with Crippen LogP contribution in [0.2, 0.25) is 0 Å². The lowest BCUT2D eigenvalue weighted by Crippen LogP contribution is -2.12. The summed E-state index contributed by atoms with van der Waals surface area (Å²) in [6, 6.07) is 7.98. The molecule has 4 heteroatoms. The molecule has 0 saturated heterocycles. The molecule has 19 heavy (non-hydrogen) atoms. The summed E-state index contributed by atoms with van der Waals surface area (Å²) in [5.74, 6) is 1.19. The molecule has 0 atom stereocenters. The molecule has 1 aromatic heterocycles. The number of nitrogens with zero attached hydrogens (tertiary/aromatic N) is 2. The highest BCUT2D eigenvalue weighted by molar-refractivity contribution is 5.63. The summed E-state index contributed by atoms with van der Waals surface area (Å²) in [4.78, 5) is 6.98. The molecule has 1 heterocycles. The number of aromatic amines is 1. The van der Waals surface area contributed by atoms with Crippen LogP contribution >= 0.6 is 0 Å². The van der Waals surface area contributed by atoms with Crippen LogP contribution in [0.4, 0.5) is 0 Å². The standard InChI is InChI=1S/C15H17N3O/c1-15(2,3)11-7-10(5-6-13(11)19-4)12-9-17-14(8-16)18-12/h5-7,9H,1-4H3,(H,17,18). The second-order valence-electron chi connectivity index (χ2n) is 5.42. The van der Waals surface area contributed by atoms with Gasteiger partial charge in [-0.3, -0.25) is 0 Å². The molecule has 1 N–H and O–H groups in total. The van der Waals surface area contributed by atoms with Gasteiger partial charge in [0, 0.05) is 11.1 Å². The van der Waals surface area contributed by atoms with Gasteiger partial charge in [0.05, 0.1) is 19.0 Å². The number of H-pyrrole nitrogens is 1. The number of hydrogen-bond acceptors (Lipinski definition) is 3. The second-order valence-corrected chi connectivity index (χ2v) is 5.42. The first kappa shape index (κ1) is 13.2. The number of benzene rings is 1. The maximum atomic E-state index is 8.80. The molecule has 0 unspecified atom stereocenters. The molecular weight excluding hydrogens is 238 g/mol. The van der Waals surface area contributed by atoms with Crippen molar-refractivity contribution in [2.75, 3.05) is 7.11 Å². The first-order valence-corrected chi connectivity index (χ1v) is 6.09. The number of imidazole rings is 1. The van der Waals surface area contributed by atoms with Crippen molar-refractivity contribution < 1.29 is 4.74 Å². The zero-order valence-electron chi connectivity index (χ0n) is 11.6. The van der Waals surface area contributed by atoms with Crippen LogP contribution in [0.15, 0.2) is 24.4 Å². The van der Waals surface area contributed by atoms with Crippen molar-refractivity contribution >= 4 is 0 Å². The third kappa shape index (κ3) is 2.60. The van der Waals surface area contributed by atoms with Gasteiger partial charge in [-0.05, 0) is 23.6 Å². The van der Waals surface area contributed by atoms with Crippen molar-refractivity contribution in [1.82, 2.24) is 9.97 Å². The maximum absolute atomic E-state index is 8.80. The predicted molar refractivity (Wildman–Crippen MR) is 74.0 cm³/mol. The van der Waals surface area contributed by atoms with Crippen molar-refractivity contribution in [3.05, 3.63) is 35.8 Å². The minimum absolute atomic E-state index is 0.0145. The van der Waals surface area contributed by atoms with Gasteiger partial charge in [0.25, 0.3) is 0 Å². The Kier molecular flexibility index (Phi) is 3.30. The number of nitriles is 1. The van der Waals surface area contributed by atoms with Gasteiger partial charge < -0.3 is 9.72 Å². The van der Waals surface area contributed by atoms with Crippen molar-refractivity contribution in [1.29, 1.82) is 5.26 Å². The monoisotopic (exact) mass is 255 g/mol. The van der Waals surface area contributed by atoms with Crippen molar-refractivity contribution in [2.24, 2.45) is 0 Å². The Morgan fingerprint density at radius 1 is 1.32 bits per heavy atom. The molecule has 0 aliphatic heterocycles. The summed E-state index contributed by atoms with van der Waals surface area (Å²) in [5.41, 5.74) is 2.95. The van der Waals surface area contributed by atoms with Crippen LogP contribution in [0.25, 0.3) is 11.3 Å². The number of ether oxygens (including phenoxy) is 1. The Hall–Kier alpha value is -2.28. The van der Waals surface area contributed by atoms with Gasteiger partial charge in [-0.1, -0.05) is 20.8 Å². The highest BCUT2D eigenvalue weighted by Gasteiger charge is 2.19. The van der Waals surface area contributed by atoms with Crippen molar-refractivity contribution in [2.45, 2.75) is 26.2 Å². The highest BCUT2D eigenvalue weighted by atomic mass is 16.5. The average Bonchev–Trinajstić information content (AvgIpc) is 2.85. The van der Waals surface area contributed by atoms with E-state index < -0.39 is 0 Å². The van der Waals surface area contributed by atoms with E-state index in [2.05, 4.69) is 36.8 Å². The predicted octanol–water partition coefficient (Wildman–Crippen LogP) is 3.25. The van der Waals surface area contributed by atoms with Gasteiger partial charge in [0.15, 0.2) is 0 Å². The Morgan fingerprint density at radius 3 is 2.58 bits per heavy atom. The Bertz CT molecular complexity index is 630. The molecule has 0 saturated carbocycles. The first-order chi connectivity index (χ1) is 8.95. The fraction of sp³-hybridized carbons (Fsp3) is 0.333. The van der Waals surface area contributed by atoms with E-state index in [1.54, 1.807) is 13.3 Å². The molecule has 0 radical (unpaired) electrons. The molecule has 0 spiro atoms. The summed E-state index contributed by atoms with van der Waals surface area (Å²) in [7, 11) is 1.67. The molecule has 0 aliphatic rings. The van der Waals surface area contributed by atoms with Crippen LogP contribution in [-0.4, -0.2) is 17.1 Å². The zero-order valence-corrected chi connectivity index (χ0v) is 11.6. The van der Waals surface area contributed by atoms with E-state index in [4.69, 9.17) is 10.00 Å². The molecule has 4 nitrogen and oxygen atoms in total. The van der Waals surface area contributed by atoms with Crippen LogP contribution in [0.1, 0.15) is 32.2 Å². The van der Waals surface area contributed by atoms with E-state index in [9.17, 15) is 0 Å². The van der Waals surface area contributed by atoms with Crippen molar-refractivity contribution in [3.63, 3.8) is 0 Å². The third-order valence-corrected chi connectivity index (χ3v) is 3.00. The van der Waals surface area contributed by atoms with E-state index in [0.29, 0.717) is 5.82 Å². The third-order valence-electron chi connectivity index (χ3n) is 3.00. The smallest absolute Gasteiger partial charge is 0.210 e. The van der Waals surface area contributed by atoms with E-state index in [0.717, 1.165) is 22.6 Å². The van der Waals surface area contributed by atoms with Gasteiger partial charge in [-0.2, -0.15) is 5.26 Å². The quantitative estimate of drug-likeness (QED) is 0.896. The number of nitrogens with one attached hydrogen (secondary N) is 1. The highest BCUT2D eigenvalue weighted by Crippen LogP contribution is 2.34. The van der Waals surface area contributed by atoms with Crippen LogP contribution in [0.3, 0.4) is 0 Å². The summed E-state index contributed by atoms with van der Waals surface area (Å²) < 4.78 is 5.41. The zero-order chi connectivity index (χ0) is 14.0. The number of methoxy groups -OCH3 is 1. The largest absolute Gasteiger partial charge is 0.496 e. The number of rotatable bonds is 2. The van der Waals surface area contributed by atoms with Gasteiger partial charge in [0.2, 0.25) is 5.82 Å². The summed E-state index contributed by atoms with van der Waals surface area (Å²) in [6.45, 7) is 6.42. The molecule has 98 valence electrons. The fourth-order valence-corrected chi connectivity index (χ4v) is 1.99. The fourth-order valence-electron chi connectivity index (χ4n) is 1.99. The summed E-state index contributed by atoms with van der Waals surface area (Å²) in [5, 5.41) is 8.80. The number of hydrogen-bond donors (Lipinski definition) is 1.